The van der Waals surface area contributed by atoms with Crippen molar-refractivity contribution in [2.45, 2.75) is 19.8 Å². The number of nitrogens with one attached hydrogen (secondary N) is 1. The Hall–Kier alpha value is -3.47. The summed E-state index contributed by atoms with van der Waals surface area (Å²) >= 11 is 0. The Morgan fingerprint density at radius 3 is 2.44 bits per heavy atom. The van der Waals surface area contributed by atoms with Crippen molar-refractivity contribution < 1.29 is 4.79 Å². The maximum Gasteiger partial charge on any atom is 0.256 e. The number of fused-ring (bicyclic) bond motifs is 1. The van der Waals surface area contributed by atoms with Gasteiger partial charge in [0.1, 0.15) is 5.82 Å². The van der Waals surface area contributed by atoms with E-state index >= 15 is 0 Å². The van der Waals surface area contributed by atoms with E-state index in [4.69, 9.17) is 0 Å². The van der Waals surface area contributed by atoms with E-state index < -0.39 is 0 Å². The molecule has 0 bridgehead atoms. The highest BCUT2D eigenvalue weighted by Gasteiger charge is 2.12. The van der Waals surface area contributed by atoms with Gasteiger partial charge in [0.15, 0.2) is 5.65 Å². The van der Waals surface area contributed by atoms with Crippen LogP contribution < -0.4 is 5.32 Å². The van der Waals surface area contributed by atoms with Crippen LogP contribution in [0, 0.1) is 0 Å². The van der Waals surface area contributed by atoms with Crippen molar-refractivity contribution in [2.24, 2.45) is 0 Å². The van der Waals surface area contributed by atoms with Crippen LogP contribution in [0.4, 0.5) is 5.82 Å². The van der Waals surface area contributed by atoms with Crippen molar-refractivity contribution in [1.29, 1.82) is 0 Å². The monoisotopic (exact) mass is 356 g/mol. The number of amides is 1. The summed E-state index contributed by atoms with van der Waals surface area (Å²) in [5.74, 6) is 0.752. The van der Waals surface area contributed by atoms with Crippen LogP contribution in [-0.4, -0.2) is 20.5 Å². The van der Waals surface area contributed by atoms with Crippen LogP contribution in [0.3, 0.4) is 0 Å². The fourth-order valence-corrected chi connectivity index (χ4v) is 3.00. The molecule has 0 unspecified atom stereocenters. The lowest BCUT2D eigenvalue weighted by atomic mass is 10.0. The zero-order valence-electron chi connectivity index (χ0n) is 15.3. The number of nitrogens with zero attached hydrogens (tertiary/aromatic N) is 3. The summed E-state index contributed by atoms with van der Waals surface area (Å²) in [5, 5.41) is 7.25. The molecule has 0 aliphatic rings. The number of rotatable bonds is 4. The molecule has 0 radical (unpaired) electrons. The lowest BCUT2D eigenvalue weighted by Gasteiger charge is -2.10. The number of hydrogen-bond acceptors (Lipinski definition) is 3. The Morgan fingerprint density at radius 1 is 1.00 bits per heavy atom. The summed E-state index contributed by atoms with van der Waals surface area (Å²) in [5.41, 5.74) is 4.37. The maximum atomic E-state index is 12.6. The summed E-state index contributed by atoms with van der Waals surface area (Å²) in [6.45, 7) is 4.26. The van der Waals surface area contributed by atoms with Crippen LogP contribution in [-0.2, 0) is 0 Å². The average Bonchev–Trinajstić information content (AvgIpc) is 3.16. The van der Waals surface area contributed by atoms with E-state index in [9.17, 15) is 4.79 Å². The quantitative estimate of drug-likeness (QED) is 0.573. The zero-order chi connectivity index (χ0) is 18.8. The van der Waals surface area contributed by atoms with Crippen LogP contribution in [0.1, 0.15) is 35.7 Å². The Kier molecular flexibility index (Phi) is 4.42. The summed E-state index contributed by atoms with van der Waals surface area (Å²) in [6.07, 6.45) is 1.70. The first kappa shape index (κ1) is 17.0. The van der Waals surface area contributed by atoms with E-state index in [0.29, 0.717) is 22.9 Å². The molecular formula is C22H20N4O. The number of aromatic nitrogens is 3. The topological polar surface area (TPSA) is 59.3 Å². The van der Waals surface area contributed by atoms with E-state index in [0.717, 1.165) is 11.3 Å². The number of benzene rings is 2. The summed E-state index contributed by atoms with van der Waals surface area (Å²) in [7, 11) is 0. The standard InChI is InChI=1S/C22H20N4O/c1-15(2)16-8-10-18(11-9-16)22(27)25-20-14-19(17-6-4-3-5-7-17)26-21(24-20)12-13-23-26/h3-15H,1-2H3,(H,24,25,27). The summed E-state index contributed by atoms with van der Waals surface area (Å²) < 4.78 is 1.77. The molecule has 1 N–H and O–H groups in total. The largest absolute Gasteiger partial charge is 0.306 e. The first-order valence-electron chi connectivity index (χ1n) is 8.93. The number of anilines is 1. The lowest BCUT2D eigenvalue weighted by Crippen LogP contribution is -2.14. The molecule has 2 heterocycles. The Bertz CT molecular complexity index is 1080. The molecule has 2 aromatic carbocycles. The van der Waals surface area contributed by atoms with Crippen LogP contribution in [0.2, 0.25) is 0 Å². The molecule has 0 saturated heterocycles. The van der Waals surface area contributed by atoms with Gasteiger partial charge in [-0.05, 0) is 23.6 Å². The van der Waals surface area contributed by atoms with E-state index in [1.807, 2.05) is 66.7 Å². The highest BCUT2D eigenvalue weighted by Crippen LogP contribution is 2.23. The molecule has 1 amide bonds. The van der Waals surface area contributed by atoms with Gasteiger partial charge in [-0.25, -0.2) is 9.50 Å². The van der Waals surface area contributed by atoms with Gasteiger partial charge in [-0.3, -0.25) is 4.79 Å². The van der Waals surface area contributed by atoms with Gasteiger partial charge in [0.05, 0.1) is 11.9 Å². The third kappa shape index (κ3) is 3.44. The Labute approximate surface area is 157 Å². The van der Waals surface area contributed by atoms with Gasteiger partial charge < -0.3 is 5.32 Å². The molecule has 27 heavy (non-hydrogen) atoms. The van der Waals surface area contributed by atoms with Gasteiger partial charge in [0.25, 0.3) is 5.91 Å². The summed E-state index contributed by atoms with van der Waals surface area (Å²) in [6, 6.07) is 21.3. The molecule has 5 nitrogen and oxygen atoms in total. The smallest absolute Gasteiger partial charge is 0.256 e. The zero-order valence-corrected chi connectivity index (χ0v) is 15.3. The highest BCUT2D eigenvalue weighted by atomic mass is 16.1. The third-order valence-electron chi connectivity index (χ3n) is 4.51. The van der Waals surface area contributed by atoms with Gasteiger partial charge in [0, 0.05) is 23.3 Å². The number of carbonyl (C=O) groups is 1. The minimum Gasteiger partial charge on any atom is -0.306 e. The molecule has 0 aliphatic heterocycles. The van der Waals surface area contributed by atoms with Gasteiger partial charge in [-0.2, -0.15) is 5.10 Å². The van der Waals surface area contributed by atoms with Crippen molar-refractivity contribution in [2.75, 3.05) is 5.32 Å². The van der Waals surface area contributed by atoms with Gasteiger partial charge in [-0.15, -0.1) is 0 Å². The molecule has 2 aromatic heterocycles. The minimum absolute atomic E-state index is 0.180. The molecule has 4 aromatic rings. The predicted molar refractivity (Wildman–Crippen MR) is 107 cm³/mol. The normalized spacial score (nSPS) is 11.1. The Morgan fingerprint density at radius 2 is 1.74 bits per heavy atom. The third-order valence-corrected chi connectivity index (χ3v) is 4.51. The molecule has 0 atom stereocenters. The molecule has 0 saturated carbocycles. The van der Waals surface area contributed by atoms with Gasteiger partial charge >= 0.3 is 0 Å². The SMILES string of the molecule is CC(C)c1ccc(C(=O)Nc2cc(-c3ccccc3)n3nccc3n2)cc1. The Balaban J connectivity index is 1.67. The predicted octanol–water partition coefficient (Wildman–Crippen LogP) is 4.77. The molecule has 0 spiro atoms. The first-order chi connectivity index (χ1) is 13.1. The molecule has 134 valence electrons. The van der Waals surface area contributed by atoms with E-state index in [1.165, 1.54) is 5.56 Å². The number of hydrogen-bond donors (Lipinski definition) is 1. The average molecular weight is 356 g/mol. The van der Waals surface area contributed by atoms with Crippen LogP contribution >= 0.6 is 0 Å². The van der Waals surface area contributed by atoms with E-state index in [1.54, 1.807) is 10.7 Å². The maximum absolute atomic E-state index is 12.6. The molecule has 5 heteroatoms. The van der Waals surface area contributed by atoms with Gasteiger partial charge in [0.2, 0.25) is 0 Å². The minimum atomic E-state index is -0.180. The van der Waals surface area contributed by atoms with Crippen LogP contribution in [0.15, 0.2) is 72.9 Å². The summed E-state index contributed by atoms with van der Waals surface area (Å²) in [4.78, 5) is 17.1. The van der Waals surface area contributed by atoms with Crippen molar-refractivity contribution in [1.82, 2.24) is 14.6 Å². The second-order valence-corrected chi connectivity index (χ2v) is 6.72. The van der Waals surface area contributed by atoms with E-state index in [-0.39, 0.29) is 5.91 Å². The molecule has 0 aliphatic carbocycles. The molecular weight excluding hydrogens is 336 g/mol. The second kappa shape index (κ2) is 7.03. The first-order valence-corrected chi connectivity index (χ1v) is 8.93. The van der Waals surface area contributed by atoms with Gasteiger partial charge in [-0.1, -0.05) is 56.3 Å². The highest BCUT2D eigenvalue weighted by molar-refractivity contribution is 6.04. The van der Waals surface area contributed by atoms with Crippen LogP contribution in [0.5, 0.6) is 0 Å². The van der Waals surface area contributed by atoms with E-state index in [2.05, 4.69) is 29.2 Å². The fourth-order valence-electron chi connectivity index (χ4n) is 3.00. The molecule has 4 rings (SSSR count). The van der Waals surface area contributed by atoms with Crippen LogP contribution in [0.25, 0.3) is 16.9 Å². The van der Waals surface area contributed by atoms with Crippen molar-refractivity contribution in [3.63, 3.8) is 0 Å². The van der Waals surface area contributed by atoms with Crippen molar-refractivity contribution >= 4 is 17.4 Å². The fraction of sp³-hybridized carbons (Fsp3) is 0.136. The van der Waals surface area contributed by atoms with Crippen molar-refractivity contribution in [3.8, 4) is 11.3 Å². The lowest BCUT2D eigenvalue weighted by molar-refractivity contribution is 0.102. The van der Waals surface area contributed by atoms with Crippen molar-refractivity contribution in [3.05, 3.63) is 84.1 Å². The number of carbonyl (C=O) groups excluding carboxylic acids is 1. The molecule has 0 fully saturated rings. The second-order valence-electron chi connectivity index (χ2n) is 6.72.